The zero-order valence-electron chi connectivity index (χ0n) is 14.6. The minimum atomic E-state index is -0.273. The predicted octanol–water partition coefficient (Wildman–Crippen LogP) is 4.99. The Morgan fingerprint density at radius 3 is 2.40 bits per heavy atom. The van der Waals surface area contributed by atoms with Crippen LogP contribution in [-0.2, 0) is 4.74 Å². The molecule has 25 heavy (non-hydrogen) atoms. The highest BCUT2D eigenvalue weighted by atomic mass is 19.1. The molecule has 3 nitrogen and oxygen atoms in total. The van der Waals surface area contributed by atoms with E-state index < -0.39 is 0 Å². The number of hydrogen-bond donors (Lipinski definition) is 0. The van der Waals surface area contributed by atoms with E-state index in [0.717, 1.165) is 29.7 Å². The molecule has 3 atom stereocenters. The second kappa shape index (κ2) is 6.68. The summed E-state index contributed by atoms with van der Waals surface area (Å²) in [4.78, 5) is 0. The molecule has 1 saturated carbocycles. The maximum atomic E-state index is 13.8. The molecule has 2 aliphatic rings. The Morgan fingerprint density at radius 2 is 1.68 bits per heavy atom. The molecule has 132 valence electrons. The summed E-state index contributed by atoms with van der Waals surface area (Å²) >= 11 is 0. The Labute approximate surface area is 147 Å². The van der Waals surface area contributed by atoms with Crippen molar-refractivity contribution in [3.05, 3.63) is 58.9 Å². The summed E-state index contributed by atoms with van der Waals surface area (Å²) < 4.78 is 31.3. The zero-order chi connectivity index (χ0) is 17.4. The average Bonchev–Trinajstić information content (AvgIpc) is 2.66. The fourth-order valence-electron chi connectivity index (χ4n) is 4.25. The summed E-state index contributed by atoms with van der Waals surface area (Å²) in [5.74, 6) is 1.55. The number of fused-ring (bicyclic) bond motifs is 3. The summed E-state index contributed by atoms with van der Waals surface area (Å²) in [6.45, 7) is 0. The lowest BCUT2D eigenvalue weighted by Gasteiger charge is -2.41. The SMILES string of the molecule is COc1cc2c(cc1OC)[C@@H]1CCCC[C@H]1O[C@@H]2c1cccc(F)c1. The lowest BCUT2D eigenvalue weighted by atomic mass is 9.76. The van der Waals surface area contributed by atoms with E-state index >= 15 is 0 Å². The molecule has 1 aliphatic carbocycles. The van der Waals surface area contributed by atoms with Crippen molar-refractivity contribution in [2.75, 3.05) is 14.2 Å². The van der Waals surface area contributed by atoms with Gasteiger partial charge in [0.1, 0.15) is 11.9 Å². The van der Waals surface area contributed by atoms with Crippen LogP contribution in [0.5, 0.6) is 11.5 Å². The van der Waals surface area contributed by atoms with Gasteiger partial charge in [0.25, 0.3) is 0 Å². The number of halogens is 1. The third-order valence-corrected chi connectivity index (χ3v) is 5.44. The molecule has 4 rings (SSSR count). The highest BCUT2D eigenvalue weighted by molar-refractivity contribution is 5.52. The fourth-order valence-corrected chi connectivity index (χ4v) is 4.25. The van der Waals surface area contributed by atoms with Gasteiger partial charge in [0, 0.05) is 5.92 Å². The Hall–Kier alpha value is -2.07. The van der Waals surface area contributed by atoms with E-state index in [1.165, 1.54) is 24.5 Å². The topological polar surface area (TPSA) is 27.7 Å². The van der Waals surface area contributed by atoms with Gasteiger partial charge in [-0.25, -0.2) is 4.39 Å². The lowest BCUT2D eigenvalue weighted by molar-refractivity contribution is -0.0392. The number of methoxy groups -OCH3 is 2. The maximum Gasteiger partial charge on any atom is 0.161 e. The molecule has 0 bridgehead atoms. The predicted molar refractivity (Wildman–Crippen MR) is 93.9 cm³/mol. The smallest absolute Gasteiger partial charge is 0.161 e. The molecule has 0 saturated heterocycles. The Morgan fingerprint density at radius 1 is 0.960 bits per heavy atom. The van der Waals surface area contributed by atoms with Crippen molar-refractivity contribution in [2.45, 2.75) is 43.8 Å². The van der Waals surface area contributed by atoms with Crippen LogP contribution in [0.2, 0.25) is 0 Å². The van der Waals surface area contributed by atoms with E-state index in [1.807, 2.05) is 12.1 Å². The minimum absolute atomic E-state index is 0.174. The fraction of sp³-hybridized carbons (Fsp3) is 0.429. The molecule has 1 fully saturated rings. The average molecular weight is 342 g/mol. The molecular formula is C21H23FO3. The van der Waals surface area contributed by atoms with E-state index in [1.54, 1.807) is 26.4 Å². The highest BCUT2D eigenvalue weighted by Gasteiger charge is 2.38. The molecule has 0 N–H and O–H groups in total. The van der Waals surface area contributed by atoms with Crippen molar-refractivity contribution in [2.24, 2.45) is 0 Å². The number of rotatable bonds is 3. The van der Waals surface area contributed by atoms with Crippen molar-refractivity contribution in [1.29, 1.82) is 0 Å². The van der Waals surface area contributed by atoms with Crippen molar-refractivity contribution in [1.82, 2.24) is 0 Å². The van der Waals surface area contributed by atoms with Crippen molar-refractivity contribution < 1.29 is 18.6 Å². The van der Waals surface area contributed by atoms with Gasteiger partial charge in [-0.05, 0) is 53.8 Å². The minimum Gasteiger partial charge on any atom is -0.493 e. The van der Waals surface area contributed by atoms with Gasteiger partial charge in [0.15, 0.2) is 11.5 Å². The van der Waals surface area contributed by atoms with E-state index in [4.69, 9.17) is 14.2 Å². The number of hydrogen-bond acceptors (Lipinski definition) is 3. The Balaban J connectivity index is 1.87. The highest BCUT2D eigenvalue weighted by Crippen LogP contribution is 2.49. The molecule has 0 aromatic heterocycles. The van der Waals surface area contributed by atoms with E-state index in [-0.39, 0.29) is 18.0 Å². The van der Waals surface area contributed by atoms with Crippen molar-refractivity contribution >= 4 is 0 Å². The molecule has 0 unspecified atom stereocenters. The van der Waals surface area contributed by atoms with Crippen LogP contribution >= 0.6 is 0 Å². The summed E-state index contributed by atoms with van der Waals surface area (Å²) in [5, 5.41) is 0. The van der Waals surface area contributed by atoms with Crippen LogP contribution in [0.3, 0.4) is 0 Å². The lowest BCUT2D eigenvalue weighted by Crippen LogP contribution is -2.33. The molecule has 2 aromatic carbocycles. The zero-order valence-corrected chi connectivity index (χ0v) is 14.6. The normalized spacial score (nSPS) is 25.0. The van der Waals surface area contributed by atoms with Gasteiger partial charge in [0.05, 0.1) is 20.3 Å². The summed E-state index contributed by atoms with van der Waals surface area (Å²) in [7, 11) is 3.29. The van der Waals surface area contributed by atoms with E-state index in [9.17, 15) is 4.39 Å². The summed E-state index contributed by atoms with van der Waals surface area (Å²) in [6.07, 6.45) is 4.45. The van der Waals surface area contributed by atoms with Gasteiger partial charge >= 0.3 is 0 Å². The number of ether oxygens (including phenoxy) is 3. The Bertz CT molecular complexity index is 774. The quantitative estimate of drug-likeness (QED) is 0.786. The van der Waals surface area contributed by atoms with Crippen LogP contribution in [0.15, 0.2) is 36.4 Å². The van der Waals surface area contributed by atoms with E-state index in [0.29, 0.717) is 11.7 Å². The largest absolute Gasteiger partial charge is 0.493 e. The van der Waals surface area contributed by atoms with Crippen molar-refractivity contribution in [3.63, 3.8) is 0 Å². The van der Waals surface area contributed by atoms with Crippen LogP contribution < -0.4 is 9.47 Å². The van der Waals surface area contributed by atoms with Gasteiger partial charge in [-0.3, -0.25) is 0 Å². The van der Waals surface area contributed by atoms with Crippen LogP contribution in [0.1, 0.15) is 54.4 Å². The molecule has 4 heteroatoms. The van der Waals surface area contributed by atoms with Gasteiger partial charge in [-0.15, -0.1) is 0 Å². The first-order valence-corrected chi connectivity index (χ1v) is 8.88. The molecule has 1 aliphatic heterocycles. The molecular weight excluding hydrogens is 319 g/mol. The van der Waals surface area contributed by atoms with Gasteiger partial charge in [-0.2, -0.15) is 0 Å². The van der Waals surface area contributed by atoms with Crippen LogP contribution in [0.4, 0.5) is 4.39 Å². The van der Waals surface area contributed by atoms with Crippen LogP contribution in [-0.4, -0.2) is 20.3 Å². The first-order chi connectivity index (χ1) is 12.2. The van der Waals surface area contributed by atoms with Crippen LogP contribution in [0, 0.1) is 5.82 Å². The number of benzene rings is 2. The molecule has 1 heterocycles. The summed E-state index contributed by atoms with van der Waals surface area (Å²) in [6, 6.07) is 10.8. The second-order valence-electron chi connectivity index (χ2n) is 6.84. The second-order valence-corrected chi connectivity index (χ2v) is 6.84. The Kier molecular flexibility index (Phi) is 4.38. The molecule has 0 spiro atoms. The first-order valence-electron chi connectivity index (χ1n) is 8.88. The molecule has 2 aromatic rings. The van der Waals surface area contributed by atoms with Crippen molar-refractivity contribution in [3.8, 4) is 11.5 Å². The third kappa shape index (κ3) is 2.89. The molecule has 0 radical (unpaired) electrons. The van der Waals surface area contributed by atoms with E-state index in [2.05, 4.69) is 6.07 Å². The van der Waals surface area contributed by atoms with Gasteiger partial charge < -0.3 is 14.2 Å². The molecule has 0 amide bonds. The maximum absolute atomic E-state index is 13.8. The van der Waals surface area contributed by atoms with Gasteiger partial charge in [0.2, 0.25) is 0 Å². The third-order valence-electron chi connectivity index (χ3n) is 5.44. The summed E-state index contributed by atoms with van der Waals surface area (Å²) in [5.41, 5.74) is 3.16. The monoisotopic (exact) mass is 342 g/mol. The standard InChI is InChI=1S/C21H23FO3/c1-23-19-11-16-15-8-3-4-9-18(15)25-21(17(16)12-20(19)24-2)13-6-5-7-14(22)10-13/h5-7,10-12,15,18,21H,3-4,8-9H2,1-2H3/t15-,18+,21+/m0/s1. The first kappa shape index (κ1) is 16.4. The van der Waals surface area contributed by atoms with Gasteiger partial charge in [-0.1, -0.05) is 25.0 Å². The van der Waals surface area contributed by atoms with Crippen LogP contribution in [0.25, 0.3) is 0 Å².